The maximum atomic E-state index is 11.4. The SMILES string of the molecule is CCCCCCCC1CCC2CC(=O)CC12.CCCCCCCC1CCC2CC(=O)CC12. The first-order valence-corrected chi connectivity index (χ1v) is 14.7. The molecule has 2 nitrogen and oxygen atoms in total. The molecule has 4 aliphatic rings. The topological polar surface area (TPSA) is 34.1 Å². The van der Waals surface area contributed by atoms with Gasteiger partial charge in [0, 0.05) is 25.7 Å². The normalized spacial score (nSPS) is 33.3. The Bertz CT molecular complexity index is 517. The van der Waals surface area contributed by atoms with Gasteiger partial charge in [0.05, 0.1) is 0 Å². The van der Waals surface area contributed by atoms with E-state index in [-0.39, 0.29) is 0 Å². The molecule has 4 fully saturated rings. The molecule has 0 aromatic carbocycles. The third-order valence-electron chi connectivity index (χ3n) is 9.50. The smallest absolute Gasteiger partial charge is 0.133 e. The first-order chi connectivity index (χ1) is 15.6. The number of unbranched alkanes of at least 4 members (excludes halogenated alkanes) is 8. The zero-order valence-corrected chi connectivity index (χ0v) is 21.4. The molecule has 0 radical (unpaired) electrons. The number of hydrogen-bond acceptors (Lipinski definition) is 2. The molecule has 6 unspecified atom stereocenters. The molecule has 2 heteroatoms. The summed E-state index contributed by atoms with van der Waals surface area (Å²) in [7, 11) is 0. The lowest BCUT2D eigenvalue weighted by atomic mass is 9.88. The zero-order chi connectivity index (χ0) is 22.8. The maximum absolute atomic E-state index is 11.4. The molecular weight excluding hydrogens is 392 g/mol. The van der Waals surface area contributed by atoms with Crippen LogP contribution in [0.4, 0.5) is 0 Å². The van der Waals surface area contributed by atoms with Gasteiger partial charge in [-0.05, 0) is 61.2 Å². The van der Waals surface area contributed by atoms with E-state index in [0.717, 1.165) is 61.2 Å². The second-order valence-corrected chi connectivity index (χ2v) is 11.8. The molecule has 0 spiro atoms. The van der Waals surface area contributed by atoms with Gasteiger partial charge in [0.25, 0.3) is 0 Å². The summed E-state index contributed by atoms with van der Waals surface area (Å²) in [6.07, 6.45) is 25.9. The van der Waals surface area contributed by atoms with Crippen LogP contribution in [0.3, 0.4) is 0 Å². The Morgan fingerprint density at radius 2 is 0.938 bits per heavy atom. The molecule has 4 saturated carbocycles. The van der Waals surface area contributed by atoms with Crippen LogP contribution in [0.15, 0.2) is 0 Å². The lowest BCUT2D eigenvalue weighted by molar-refractivity contribution is -0.118. The Labute approximate surface area is 199 Å². The summed E-state index contributed by atoms with van der Waals surface area (Å²) < 4.78 is 0. The van der Waals surface area contributed by atoms with Gasteiger partial charge in [0.15, 0.2) is 0 Å². The summed E-state index contributed by atoms with van der Waals surface area (Å²) in [5.74, 6) is 6.05. The number of rotatable bonds is 12. The molecule has 0 bridgehead atoms. The van der Waals surface area contributed by atoms with Gasteiger partial charge in [0.1, 0.15) is 11.6 Å². The average Bonchev–Trinajstić information content (AvgIpc) is 3.51. The standard InChI is InChI=1S/2C15H26O/c2*1-2-3-4-5-6-7-12-8-9-13-10-14(16)11-15(12)13/h2*12-13,15H,2-11H2,1H3. The van der Waals surface area contributed by atoms with Gasteiger partial charge in [-0.15, -0.1) is 0 Å². The van der Waals surface area contributed by atoms with Crippen molar-refractivity contribution in [1.29, 1.82) is 0 Å². The molecule has 0 N–H and O–H groups in total. The maximum Gasteiger partial charge on any atom is 0.133 e. The third-order valence-corrected chi connectivity index (χ3v) is 9.50. The molecule has 32 heavy (non-hydrogen) atoms. The number of hydrogen-bond donors (Lipinski definition) is 0. The van der Waals surface area contributed by atoms with Gasteiger partial charge < -0.3 is 0 Å². The van der Waals surface area contributed by atoms with Crippen molar-refractivity contribution in [2.24, 2.45) is 35.5 Å². The first-order valence-electron chi connectivity index (χ1n) is 14.7. The molecule has 4 rings (SSSR count). The van der Waals surface area contributed by atoms with Crippen molar-refractivity contribution in [1.82, 2.24) is 0 Å². The molecule has 6 atom stereocenters. The Balaban J connectivity index is 0.000000181. The molecule has 184 valence electrons. The average molecular weight is 445 g/mol. The van der Waals surface area contributed by atoms with Crippen LogP contribution in [0.1, 0.15) is 142 Å². The van der Waals surface area contributed by atoms with E-state index in [1.54, 1.807) is 0 Å². The van der Waals surface area contributed by atoms with Crippen LogP contribution < -0.4 is 0 Å². The van der Waals surface area contributed by atoms with Crippen molar-refractivity contribution in [3.05, 3.63) is 0 Å². The van der Waals surface area contributed by atoms with Crippen LogP contribution in [0.5, 0.6) is 0 Å². The highest BCUT2D eigenvalue weighted by atomic mass is 16.1. The second-order valence-electron chi connectivity index (χ2n) is 11.8. The molecular formula is C30H52O2. The molecule has 0 aromatic heterocycles. The number of Topliss-reactive ketones (excluding diaryl/α,β-unsaturated/α-hetero) is 2. The fourth-order valence-corrected chi connectivity index (χ4v) is 7.67. The van der Waals surface area contributed by atoms with Gasteiger partial charge in [-0.25, -0.2) is 0 Å². The van der Waals surface area contributed by atoms with E-state index in [2.05, 4.69) is 13.8 Å². The molecule has 0 aliphatic heterocycles. The van der Waals surface area contributed by atoms with Crippen molar-refractivity contribution in [2.75, 3.05) is 0 Å². The number of ketones is 2. The van der Waals surface area contributed by atoms with E-state index in [0.29, 0.717) is 11.6 Å². The van der Waals surface area contributed by atoms with E-state index >= 15 is 0 Å². The van der Waals surface area contributed by atoms with Gasteiger partial charge in [-0.3, -0.25) is 9.59 Å². The Kier molecular flexibility index (Phi) is 11.3. The monoisotopic (exact) mass is 444 g/mol. The van der Waals surface area contributed by atoms with E-state index in [1.807, 2.05) is 0 Å². The summed E-state index contributed by atoms with van der Waals surface area (Å²) in [5, 5.41) is 0. The fraction of sp³-hybridized carbons (Fsp3) is 0.933. The number of fused-ring (bicyclic) bond motifs is 2. The molecule has 4 aliphatic carbocycles. The van der Waals surface area contributed by atoms with Crippen LogP contribution in [0.2, 0.25) is 0 Å². The summed E-state index contributed by atoms with van der Waals surface area (Å²) in [6.45, 7) is 4.54. The predicted octanol–water partition coefficient (Wildman–Crippen LogP) is 8.70. The molecule has 0 heterocycles. The summed E-state index contributed by atoms with van der Waals surface area (Å²) in [6, 6.07) is 0. The highest BCUT2D eigenvalue weighted by Gasteiger charge is 2.42. The summed E-state index contributed by atoms with van der Waals surface area (Å²) in [4.78, 5) is 22.8. The van der Waals surface area contributed by atoms with Crippen molar-refractivity contribution in [2.45, 2.75) is 142 Å². The minimum Gasteiger partial charge on any atom is -0.300 e. The Morgan fingerprint density at radius 3 is 1.34 bits per heavy atom. The zero-order valence-electron chi connectivity index (χ0n) is 21.4. The van der Waals surface area contributed by atoms with E-state index in [1.165, 1.54) is 103 Å². The van der Waals surface area contributed by atoms with Gasteiger partial charge in [0.2, 0.25) is 0 Å². The highest BCUT2D eigenvalue weighted by molar-refractivity contribution is 5.81. The van der Waals surface area contributed by atoms with Gasteiger partial charge >= 0.3 is 0 Å². The number of carbonyl (C=O) groups excluding carboxylic acids is 2. The van der Waals surface area contributed by atoms with E-state index < -0.39 is 0 Å². The Hall–Kier alpha value is -0.660. The van der Waals surface area contributed by atoms with Gasteiger partial charge in [-0.1, -0.05) is 90.9 Å². The van der Waals surface area contributed by atoms with Crippen molar-refractivity contribution >= 4 is 11.6 Å². The highest BCUT2D eigenvalue weighted by Crippen LogP contribution is 2.48. The van der Waals surface area contributed by atoms with Crippen molar-refractivity contribution in [3.8, 4) is 0 Å². The minimum atomic E-state index is 0.547. The largest absolute Gasteiger partial charge is 0.300 e. The molecule has 0 saturated heterocycles. The lowest BCUT2D eigenvalue weighted by Crippen LogP contribution is -2.09. The molecule has 0 amide bonds. The minimum absolute atomic E-state index is 0.547. The molecule has 0 aromatic rings. The first kappa shape index (κ1) is 26.0. The summed E-state index contributed by atoms with van der Waals surface area (Å²) in [5.41, 5.74) is 0. The van der Waals surface area contributed by atoms with Crippen LogP contribution in [0, 0.1) is 35.5 Å². The van der Waals surface area contributed by atoms with Crippen molar-refractivity contribution < 1.29 is 9.59 Å². The fourth-order valence-electron chi connectivity index (χ4n) is 7.67. The predicted molar refractivity (Wildman–Crippen MR) is 135 cm³/mol. The second kappa shape index (κ2) is 13.9. The van der Waals surface area contributed by atoms with Crippen LogP contribution in [-0.4, -0.2) is 11.6 Å². The van der Waals surface area contributed by atoms with Crippen LogP contribution in [-0.2, 0) is 9.59 Å². The van der Waals surface area contributed by atoms with Gasteiger partial charge in [-0.2, -0.15) is 0 Å². The van der Waals surface area contributed by atoms with Crippen molar-refractivity contribution in [3.63, 3.8) is 0 Å². The quantitative estimate of drug-likeness (QED) is 0.282. The van der Waals surface area contributed by atoms with E-state index in [9.17, 15) is 9.59 Å². The van der Waals surface area contributed by atoms with Crippen LogP contribution in [0.25, 0.3) is 0 Å². The summed E-state index contributed by atoms with van der Waals surface area (Å²) >= 11 is 0. The Morgan fingerprint density at radius 1 is 0.531 bits per heavy atom. The van der Waals surface area contributed by atoms with E-state index in [4.69, 9.17) is 0 Å². The lowest BCUT2D eigenvalue weighted by Gasteiger charge is -2.17. The third kappa shape index (κ3) is 7.69. The van der Waals surface area contributed by atoms with Crippen LogP contribution >= 0.6 is 0 Å². The number of carbonyl (C=O) groups is 2.